The van der Waals surface area contributed by atoms with Crippen LogP contribution in [-0.4, -0.2) is 5.78 Å². The van der Waals surface area contributed by atoms with Gasteiger partial charge < -0.3 is 5.73 Å². The first kappa shape index (κ1) is 10.6. The largest absolute Gasteiger partial charge is 0.398 e. The highest BCUT2D eigenvalue weighted by molar-refractivity contribution is 9.09. The van der Waals surface area contributed by atoms with Crippen LogP contribution in [0, 0.1) is 0 Å². The summed E-state index contributed by atoms with van der Waals surface area (Å²) >= 11 is 7.51. The van der Waals surface area contributed by atoms with Crippen molar-refractivity contribution in [2.45, 2.75) is 16.6 Å². The number of carbonyl (C=O) groups is 1. The molecule has 70 valence electrons. The average Bonchev–Trinajstić information content (AvgIpc) is 2.03. The highest BCUT2D eigenvalue weighted by atomic mass is 79.9. The summed E-state index contributed by atoms with van der Waals surface area (Å²) in [7, 11) is 0. The molecule has 13 heavy (non-hydrogen) atoms. The summed E-state index contributed by atoms with van der Waals surface area (Å²) in [6.07, 6.45) is 0. The Balaban J connectivity index is 3.20. The number of nitrogens with two attached hydrogens (primary N) is 1. The molecule has 0 bridgehead atoms. The zero-order valence-corrected chi connectivity index (χ0v) is 9.60. The van der Waals surface area contributed by atoms with Gasteiger partial charge in [0, 0.05) is 16.1 Å². The van der Waals surface area contributed by atoms with Crippen molar-refractivity contribution >= 4 is 40.0 Å². The van der Waals surface area contributed by atoms with Crippen LogP contribution < -0.4 is 5.73 Å². The number of Topliss-reactive ketones (excluding diaryl/α,β-unsaturated/α-hetero) is 1. The summed E-state index contributed by atoms with van der Waals surface area (Å²) in [5.41, 5.74) is 7.07. The summed E-state index contributed by atoms with van der Waals surface area (Å²) in [5.74, 6) is 0.0215. The SMILES string of the molecule is CC(=O)C(Br)c1c(N)cccc1S. The Morgan fingerprint density at radius 2 is 2.23 bits per heavy atom. The Labute approximate surface area is 91.1 Å². The lowest BCUT2D eigenvalue weighted by Gasteiger charge is -2.11. The Morgan fingerprint density at radius 1 is 1.62 bits per heavy atom. The van der Waals surface area contributed by atoms with E-state index in [1.807, 2.05) is 6.07 Å². The van der Waals surface area contributed by atoms with Gasteiger partial charge in [-0.3, -0.25) is 4.79 Å². The molecule has 4 heteroatoms. The fraction of sp³-hybridized carbons (Fsp3) is 0.222. The number of ketones is 1. The normalized spacial score (nSPS) is 12.5. The summed E-state index contributed by atoms with van der Waals surface area (Å²) < 4.78 is 0. The third kappa shape index (κ3) is 2.25. The van der Waals surface area contributed by atoms with E-state index in [0.29, 0.717) is 5.69 Å². The quantitative estimate of drug-likeness (QED) is 0.487. The van der Waals surface area contributed by atoms with Crippen molar-refractivity contribution in [1.82, 2.24) is 0 Å². The first-order valence-electron chi connectivity index (χ1n) is 3.76. The highest BCUT2D eigenvalue weighted by Gasteiger charge is 2.17. The number of rotatable bonds is 2. The van der Waals surface area contributed by atoms with E-state index in [1.165, 1.54) is 6.92 Å². The lowest BCUT2D eigenvalue weighted by Crippen LogP contribution is -2.05. The first-order valence-corrected chi connectivity index (χ1v) is 5.12. The van der Waals surface area contributed by atoms with Crippen LogP contribution in [0.15, 0.2) is 23.1 Å². The topological polar surface area (TPSA) is 43.1 Å². The van der Waals surface area contributed by atoms with E-state index in [4.69, 9.17) is 5.73 Å². The van der Waals surface area contributed by atoms with E-state index in [1.54, 1.807) is 12.1 Å². The predicted molar refractivity (Wildman–Crippen MR) is 60.5 cm³/mol. The molecule has 2 nitrogen and oxygen atoms in total. The number of nitrogen functional groups attached to an aromatic ring is 1. The molecule has 0 radical (unpaired) electrons. The second kappa shape index (κ2) is 4.15. The van der Waals surface area contributed by atoms with Crippen LogP contribution in [0.3, 0.4) is 0 Å². The lowest BCUT2D eigenvalue weighted by molar-refractivity contribution is -0.116. The van der Waals surface area contributed by atoms with Gasteiger partial charge in [0.05, 0.1) is 0 Å². The van der Waals surface area contributed by atoms with Crippen LogP contribution in [0.5, 0.6) is 0 Å². The molecular formula is C9H10BrNOS. The molecule has 1 rings (SSSR count). The van der Waals surface area contributed by atoms with Crippen LogP contribution in [0.1, 0.15) is 17.3 Å². The van der Waals surface area contributed by atoms with Gasteiger partial charge in [0.25, 0.3) is 0 Å². The Morgan fingerprint density at radius 3 is 2.69 bits per heavy atom. The molecule has 0 amide bonds. The minimum absolute atomic E-state index is 0.0215. The molecule has 0 spiro atoms. The average molecular weight is 260 g/mol. The van der Waals surface area contributed by atoms with Gasteiger partial charge in [0.1, 0.15) is 10.6 Å². The number of benzene rings is 1. The fourth-order valence-electron chi connectivity index (χ4n) is 1.05. The maximum absolute atomic E-state index is 11.1. The summed E-state index contributed by atoms with van der Waals surface area (Å²) in [5, 5.41) is 0. The Kier molecular flexibility index (Phi) is 3.39. The van der Waals surface area contributed by atoms with Crippen LogP contribution in [0.25, 0.3) is 0 Å². The Bertz CT molecular complexity index is 320. The second-order valence-electron chi connectivity index (χ2n) is 2.75. The zero-order valence-electron chi connectivity index (χ0n) is 7.12. The van der Waals surface area contributed by atoms with E-state index < -0.39 is 0 Å². The van der Waals surface area contributed by atoms with Crippen LogP contribution in [0.4, 0.5) is 5.69 Å². The molecule has 0 fully saturated rings. The monoisotopic (exact) mass is 259 g/mol. The van der Waals surface area contributed by atoms with Gasteiger partial charge in [-0.2, -0.15) is 0 Å². The maximum Gasteiger partial charge on any atom is 0.147 e. The van der Waals surface area contributed by atoms with E-state index in [0.717, 1.165) is 10.5 Å². The number of hydrogen-bond donors (Lipinski definition) is 2. The van der Waals surface area contributed by atoms with Gasteiger partial charge in [-0.1, -0.05) is 22.0 Å². The molecule has 1 aromatic carbocycles. The molecule has 0 heterocycles. The minimum atomic E-state index is -0.360. The Hall–Kier alpha value is -0.480. The number of thiol groups is 1. The summed E-state index contributed by atoms with van der Waals surface area (Å²) in [6.45, 7) is 1.51. The van der Waals surface area contributed by atoms with Crippen LogP contribution in [-0.2, 0) is 4.79 Å². The molecule has 0 aliphatic rings. The molecule has 0 aromatic heterocycles. The molecule has 0 aliphatic heterocycles. The summed E-state index contributed by atoms with van der Waals surface area (Å²) in [6, 6.07) is 5.37. The number of anilines is 1. The molecular weight excluding hydrogens is 250 g/mol. The molecule has 1 atom stereocenters. The minimum Gasteiger partial charge on any atom is -0.398 e. The molecule has 2 N–H and O–H groups in total. The fourth-order valence-corrected chi connectivity index (χ4v) is 2.08. The van der Waals surface area contributed by atoms with Crippen molar-refractivity contribution < 1.29 is 4.79 Å². The lowest BCUT2D eigenvalue weighted by atomic mass is 10.1. The van der Waals surface area contributed by atoms with E-state index >= 15 is 0 Å². The third-order valence-corrected chi connectivity index (χ3v) is 3.22. The summed E-state index contributed by atoms with van der Waals surface area (Å²) in [4.78, 5) is 11.5. The smallest absolute Gasteiger partial charge is 0.147 e. The van der Waals surface area contributed by atoms with Gasteiger partial charge in [0.2, 0.25) is 0 Å². The first-order chi connectivity index (χ1) is 6.04. The number of carbonyl (C=O) groups excluding carboxylic acids is 1. The van der Waals surface area contributed by atoms with Gasteiger partial charge in [-0.05, 0) is 19.1 Å². The van der Waals surface area contributed by atoms with Crippen LogP contribution >= 0.6 is 28.6 Å². The van der Waals surface area contributed by atoms with E-state index in [9.17, 15) is 4.79 Å². The van der Waals surface area contributed by atoms with E-state index in [2.05, 4.69) is 28.6 Å². The number of halogens is 1. The van der Waals surface area contributed by atoms with Gasteiger partial charge in [-0.15, -0.1) is 12.6 Å². The molecule has 0 saturated carbocycles. The van der Waals surface area contributed by atoms with Gasteiger partial charge >= 0.3 is 0 Å². The van der Waals surface area contributed by atoms with Crippen molar-refractivity contribution in [3.8, 4) is 0 Å². The van der Waals surface area contributed by atoms with E-state index in [-0.39, 0.29) is 10.6 Å². The zero-order chi connectivity index (χ0) is 10.0. The standard InChI is InChI=1S/C9H10BrNOS/c1-5(12)9(10)8-6(11)3-2-4-7(8)13/h2-4,9,13H,11H2,1H3. The van der Waals surface area contributed by atoms with Crippen molar-refractivity contribution in [3.63, 3.8) is 0 Å². The number of hydrogen-bond acceptors (Lipinski definition) is 3. The van der Waals surface area contributed by atoms with Gasteiger partial charge in [-0.25, -0.2) is 0 Å². The molecule has 0 saturated heterocycles. The van der Waals surface area contributed by atoms with Crippen LogP contribution in [0.2, 0.25) is 0 Å². The molecule has 0 aliphatic carbocycles. The second-order valence-corrected chi connectivity index (χ2v) is 4.15. The number of alkyl halides is 1. The molecule has 1 unspecified atom stereocenters. The predicted octanol–water partition coefficient (Wildman–Crippen LogP) is 2.58. The van der Waals surface area contributed by atoms with Crippen molar-refractivity contribution in [1.29, 1.82) is 0 Å². The highest BCUT2D eigenvalue weighted by Crippen LogP contribution is 2.33. The van der Waals surface area contributed by atoms with Crippen molar-refractivity contribution in [3.05, 3.63) is 23.8 Å². The maximum atomic E-state index is 11.1. The van der Waals surface area contributed by atoms with Crippen molar-refractivity contribution in [2.24, 2.45) is 0 Å². The van der Waals surface area contributed by atoms with Gasteiger partial charge in [0.15, 0.2) is 0 Å². The molecule has 1 aromatic rings. The van der Waals surface area contributed by atoms with Crippen molar-refractivity contribution in [2.75, 3.05) is 5.73 Å². The third-order valence-electron chi connectivity index (χ3n) is 1.73.